The summed E-state index contributed by atoms with van der Waals surface area (Å²) in [6.07, 6.45) is 16.1. The molecule has 0 aromatic carbocycles. The Kier molecular flexibility index (Phi) is 18.5. The van der Waals surface area contributed by atoms with E-state index in [9.17, 15) is 0 Å². The lowest BCUT2D eigenvalue weighted by molar-refractivity contribution is 0.370. The number of hydrogen-bond acceptors (Lipinski definition) is 6. The average Bonchev–Trinajstić information content (AvgIpc) is 2.47. The molecule has 0 aliphatic carbocycles. The SMILES string of the molecule is NCCCCCCCCCCCCCCNNNNN. The third-order valence-corrected chi connectivity index (χ3v) is 3.48. The number of unbranched alkanes of at least 4 members (excludes halogenated alkanes) is 11. The van der Waals surface area contributed by atoms with Crippen LogP contribution in [0.1, 0.15) is 77.0 Å². The van der Waals surface area contributed by atoms with Crippen LogP contribution in [0.3, 0.4) is 0 Å². The lowest BCUT2D eigenvalue weighted by atomic mass is 10.1. The van der Waals surface area contributed by atoms with Crippen molar-refractivity contribution in [2.75, 3.05) is 13.1 Å². The highest BCUT2D eigenvalue weighted by Crippen LogP contribution is 2.11. The molecule has 6 nitrogen and oxygen atoms in total. The molecule has 0 saturated heterocycles. The van der Waals surface area contributed by atoms with Crippen LogP contribution in [0, 0.1) is 0 Å². The van der Waals surface area contributed by atoms with Crippen LogP contribution in [0.5, 0.6) is 0 Å². The Hall–Kier alpha value is -0.240. The smallest absolute Gasteiger partial charge is 0.0113 e. The molecule has 20 heavy (non-hydrogen) atoms. The maximum atomic E-state index is 5.47. The molecule has 122 valence electrons. The van der Waals surface area contributed by atoms with E-state index < -0.39 is 0 Å². The van der Waals surface area contributed by atoms with E-state index in [-0.39, 0.29) is 0 Å². The largest absolute Gasteiger partial charge is 0.330 e. The summed E-state index contributed by atoms with van der Waals surface area (Å²) in [6, 6.07) is 0. The predicted molar refractivity (Wildman–Crippen MR) is 86.1 cm³/mol. The van der Waals surface area contributed by atoms with Gasteiger partial charge in [-0.25, -0.2) is 5.43 Å². The molecule has 0 bridgehead atoms. The highest BCUT2D eigenvalue weighted by atomic mass is 15.8. The quantitative estimate of drug-likeness (QED) is 0.138. The minimum Gasteiger partial charge on any atom is -0.330 e. The molecule has 0 aliphatic heterocycles. The molecular weight excluding hydrogens is 252 g/mol. The van der Waals surface area contributed by atoms with Gasteiger partial charge in [-0.3, -0.25) is 5.84 Å². The topological polar surface area (TPSA) is 100 Å². The first-order chi connectivity index (χ1) is 9.91. The zero-order valence-electron chi connectivity index (χ0n) is 13.1. The lowest BCUT2D eigenvalue weighted by Gasteiger charge is -2.06. The summed E-state index contributed by atoms with van der Waals surface area (Å²) in [7, 11) is 0. The molecule has 0 spiro atoms. The Morgan fingerprint density at radius 3 is 1.45 bits per heavy atom. The van der Waals surface area contributed by atoms with Crippen molar-refractivity contribution < 1.29 is 0 Å². The molecule has 0 rings (SSSR count). The number of hydrazine groups is 4. The third-order valence-electron chi connectivity index (χ3n) is 3.48. The fourth-order valence-electron chi connectivity index (χ4n) is 2.27. The molecule has 0 saturated carbocycles. The molecule has 0 fully saturated rings. The van der Waals surface area contributed by atoms with E-state index in [1.54, 1.807) is 0 Å². The van der Waals surface area contributed by atoms with Crippen LogP contribution < -0.4 is 33.6 Å². The average molecular weight is 288 g/mol. The summed E-state index contributed by atoms with van der Waals surface area (Å²) in [6.45, 7) is 1.81. The molecule has 0 aromatic heterocycles. The minimum atomic E-state index is 0.853. The van der Waals surface area contributed by atoms with Gasteiger partial charge in [-0.05, 0) is 19.4 Å². The number of nitrogens with one attached hydrogen (secondary N) is 4. The van der Waals surface area contributed by atoms with Crippen molar-refractivity contribution in [3.8, 4) is 0 Å². The normalized spacial score (nSPS) is 11.1. The van der Waals surface area contributed by atoms with Crippen molar-refractivity contribution >= 4 is 0 Å². The molecule has 0 unspecified atom stereocenters. The molecule has 6 heteroatoms. The van der Waals surface area contributed by atoms with Gasteiger partial charge in [0.1, 0.15) is 0 Å². The summed E-state index contributed by atoms with van der Waals surface area (Å²) < 4.78 is 0. The Morgan fingerprint density at radius 2 is 1.00 bits per heavy atom. The van der Waals surface area contributed by atoms with Crippen LogP contribution in [0.4, 0.5) is 0 Å². The maximum absolute atomic E-state index is 5.47. The van der Waals surface area contributed by atoms with Crippen molar-refractivity contribution in [3.05, 3.63) is 0 Å². The summed E-state index contributed by atoms with van der Waals surface area (Å²) in [5.74, 6) is 5.02. The molecule has 0 radical (unpaired) electrons. The highest BCUT2D eigenvalue weighted by molar-refractivity contribution is 4.49. The van der Waals surface area contributed by atoms with Crippen molar-refractivity contribution in [2.24, 2.45) is 11.6 Å². The molecule has 0 aromatic rings. The minimum absolute atomic E-state index is 0.853. The zero-order chi connectivity index (χ0) is 14.7. The fraction of sp³-hybridized carbons (Fsp3) is 1.00. The van der Waals surface area contributed by atoms with Crippen LogP contribution in [0.25, 0.3) is 0 Å². The van der Waals surface area contributed by atoms with Crippen LogP contribution in [-0.4, -0.2) is 13.1 Å². The monoisotopic (exact) mass is 288 g/mol. The molecule has 0 heterocycles. The van der Waals surface area contributed by atoms with E-state index in [2.05, 4.69) is 22.0 Å². The Balaban J connectivity index is 2.89. The van der Waals surface area contributed by atoms with Crippen molar-refractivity contribution in [1.82, 2.24) is 22.0 Å². The maximum Gasteiger partial charge on any atom is 0.0113 e. The zero-order valence-corrected chi connectivity index (χ0v) is 13.1. The number of rotatable bonds is 17. The van der Waals surface area contributed by atoms with Crippen LogP contribution >= 0.6 is 0 Å². The molecule has 8 N–H and O–H groups in total. The highest BCUT2D eigenvalue weighted by Gasteiger charge is 1.93. The van der Waals surface area contributed by atoms with Crippen LogP contribution in [0.2, 0.25) is 0 Å². The van der Waals surface area contributed by atoms with E-state index in [4.69, 9.17) is 11.6 Å². The predicted octanol–water partition coefficient (Wildman–Crippen LogP) is 1.60. The molecule has 0 amide bonds. The van der Waals surface area contributed by atoms with Crippen molar-refractivity contribution in [1.29, 1.82) is 0 Å². The second-order valence-electron chi connectivity index (χ2n) is 5.35. The first-order valence-corrected chi connectivity index (χ1v) is 8.30. The van der Waals surface area contributed by atoms with Gasteiger partial charge in [0.2, 0.25) is 0 Å². The van der Waals surface area contributed by atoms with Gasteiger partial charge in [-0.1, -0.05) is 64.2 Å². The first kappa shape index (κ1) is 19.8. The number of nitrogens with two attached hydrogens (primary N) is 2. The Bertz CT molecular complexity index is 150. The van der Waals surface area contributed by atoms with E-state index in [1.165, 1.54) is 77.0 Å². The van der Waals surface area contributed by atoms with Gasteiger partial charge >= 0.3 is 0 Å². The number of hydrogen-bond donors (Lipinski definition) is 6. The molecule has 0 aliphatic rings. The van der Waals surface area contributed by atoms with Crippen molar-refractivity contribution in [3.63, 3.8) is 0 Å². The van der Waals surface area contributed by atoms with Crippen molar-refractivity contribution in [2.45, 2.75) is 77.0 Å². The van der Waals surface area contributed by atoms with Gasteiger partial charge in [0, 0.05) is 6.54 Å². The second kappa shape index (κ2) is 18.8. The Morgan fingerprint density at radius 1 is 0.550 bits per heavy atom. The first-order valence-electron chi connectivity index (χ1n) is 8.30. The third kappa shape index (κ3) is 17.8. The second-order valence-corrected chi connectivity index (χ2v) is 5.35. The van der Waals surface area contributed by atoms with Gasteiger partial charge in [-0.2, -0.15) is 16.6 Å². The van der Waals surface area contributed by atoms with Gasteiger partial charge in [-0.15, -0.1) is 0 Å². The fourth-order valence-corrected chi connectivity index (χ4v) is 2.27. The molecular formula is C14H36N6. The molecule has 0 atom stereocenters. The summed E-state index contributed by atoms with van der Waals surface area (Å²) >= 11 is 0. The summed E-state index contributed by atoms with van der Waals surface area (Å²) in [5.41, 5.74) is 16.1. The van der Waals surface area contributed by atoms with Crippen LogP contribution in [-0.2, 0) is 0 Å². The Labute approximate surface area is 124 Å². The van der Waals surface area contributed by atoms with Gasteiger partial charge < -0.3 is 5.73 Å². The van der Waals surface area contributed by atoms with E-state index in [1.807, 2.05) is 0 Å². The van der Waals surface area contributed by atoms with Gasteiger partial charge in [0.25, 0.3) is 0 Å². The standard InChI is InChI=1S/C14H36N6/c15-13-11-9-7-5-3-1-2-4-6-8-10-12-14-17-19-20-18-16/h17-20H,1-16H2. The van der Waals surface area contributed by atoms with Crippen LogP contribution in [0.15, 0.2) is 0 Å². The van der Waals surface area contributed by atoms with Gasteiger partial charge in [0.05, 0.1) is 0 Å². The lowest BCUT2D eigenvalue weighted by Crippen LogP contribution is -2.53. The van der Waals surface area contributed by atoms with E-state index in [0.717, 1.165) is 13.1 Å². The summed E-state index contributed by atoms with van der Waals surface area (Å²) in [4.78, 5) is 0. The summed E-state index contributed by atoms with van der Waals surface area (Å²) in [5, 5.41) is 0. The van der Waals surface area contributed by atoms with E-state index >= 15 is 0 Å². The van der Waals surface area contributed by atoms with Gasteiger partial charge in [0.15, 0.2) is 0 Å². The van der Waals surface area contributed by atoms with E-state index in [0.29, 0.717) is 0 Å².